The largest absolute Gasteiger partial charge is 0.416 e. The van der Waals surface area contributed by atoms with Crippen LogP contribution in [0.2, 0.25) is 0 Å². The van der Waals surface area contributed by atoms with Crippen LogP contribution in [0.3, 0.4) is 0 Å². The molecule has 0 spiro atoms. The first-order valence-electron chi connectivity index (χ1n) is 6.50. The predicted molar refractivity (Wildman–Crippen MR) is 75.2 cm³/mol. The summed E-state index contributed by atoms with van der Waals surface area (Å²) in [5, 5.41) is 7.53. The fraction of sp³-hybridized carbons (Fsp3) is 0.500. The monoisotopic (exact) mass is 287 g/mol. The molecule has 0 atom stereocenters. The van der Waals surface area contributed by atoms with Gasteiger partial charge in [0.05, 0.1) is 5.56 Å². The number of benzene rings is 1. The van der Waals surface area contributed by atoms with Gasteiger partial charge in [-0.3, -0.25) is 5.41 Å². The highest BCUT2D eigenvalue weighted by atomic mass is 19.4. The van der Waals surface area contributed by atoms with Crippen LogP contribution in [0.4, 0.5) is 18.9 Å². The van der Waals surface area contributed by atoms with Crippen molar-refractivity contribution in [3.63, 3.8) is 0 Å². The fourth-order valence-electron chi connectivity index (χ4n) is 2.08. The van der Waals surface area contributed by atoms with E-state index in [-0.39, 0.29) is 17.4 Å². The van der Waals surface area contributed by atoms with Gasteiger partial charge < -0.3 is 10.6 Å². The van der Waals surface area contributed by atoms with Crippen LogP contribution < -0.4 is 10.6 Å². The highest BCUT2D eigenvalue weighted by Crippen LogP contribution is 2.33. The number of halogens is 3. The molecule has 0 amide bonds. The first-order valence-corrected chi connectivity index (χ1v) is 6.50. The Bertz CT molecular complexity index is 481. The Kier molecular flexibility index (Phi) is 5.03. The van der Waals surface area contributed by atoms with Crippen molar-refractivity contribution in [3.8, 4) is 0 Å². The van der Waals surface area contributed by atoms with E-state index in [9.17, 15) is 13.2 Å². The number of hydrogen-bond donors (Lipinski definition) is 2. The quantitative estimate of drug-likeness (QED) is 0.642. The van der Waals surface area contributed by atoms with Gasteiger partial charge in [0.2, 0.25) is 0 Å². The number of anilines is 1. The standard InChI is InChI=1S/C14H20F3N3/c1-4-7-20(9(2)3)12-6-5-10(14(15,16)17)8-11(12)13(18)19/h5-6,8-9H,4,7H2,1-3H3,(H3,18,19). The third kappa shape index (κ3) is 3.65. The molecule has 1 rings (SSSR count). The predicted octanol–water partition coefficient (Wildman–Crippen LogP) is 3.61. The van der Waals surface area contributed by atoms with E-state index >= 15 is 0 Å². The van der Waals surface area contributed by atoms with Crippen LogP contribution in [0.5, 0.6) is 0 Å². The van der Waals surface area contributed by atoms with Gasteiger partial charge in [-0.1, -0.05) is 6.92 Å². The SMILES string of the molecule is CCCN(c1ccc(C(F)(F)F)cc1C(=N)N)C(C)C. The summed E-state index contributed by atoms with van der Waals surface area (Å²) in [5.74, 6) is -0.354. The number of hydrogen-bond acceptors (Lipinski definition) is 2. The average molecular weight is 287 g/mol. The van der Waals surface area contributed by atoms with Crippen molar-refractivity contribution in [2.45, 2.75) is 39.4 Å². The third-order valence-electron chi connectivity index (χ3n) is 3.01. The lowest BCUT2D eigenvalue weighted by Crippen LogP contribution is -2.33. The smallest absolute Gasteiger partial charge is 0.384 e. The van der Waals surface area contributed by atoms with Crippen LogP contribution in [0.1, 0.15) is 38.3 Å². The summed E-state index contributed by atoms with van der Waals surface area (Å²) in [7, 11) is 0. The second kappa shape index (κ2) is 6.15. The average Bonchev–Trinajstić information content (AvgIpc) is 2.33. The highest BCUT2D eigenvalue weighted by molar-refractivity contribution is 6.00. The van der Waals surface area contributed by atoms with Crippen molar-refractivity contribution < 1.29 is 13.2 Å². The molecule has 112 valence electrons. The molecule has 0 aliphatic rings. The summed E-state index contributed by atoms with van der Waals surface area (Å²) in [6, 6.07) is 3.50. The first kappa shape index (κ1) is 16.3. The fourth-order valence-corrected chi connectivity index (χ4v) is 2.08. The van der Waals surface area contributed by atoms with Gasteiger partial charge in [0.15, 0.2) is 0 Å². The van der Waals surface area contributed by atoms with E-state index in [0.717, 1.165) is 18.6 Å². The Morgan fingerprint density at radius 3 is 2.35 bits per heavy atom. The Hall–Kier alpha value is -1.72. The minimum atomic E-state index is -4.43. The number of rotatable bonds is 5. The summed E-state index contributed by atoms with van der Waals surface area (Å²) in [6.45, 7) is 6.60. The number of alkyl halides is 3. The Labute approximate surface area is 117 Å². The number of nitrogens with zero attached hydrogens (tertiary/aromatic N) is 1. The van der Waals surface area contributed by atoms with E-state index in [2.05, 4.69) is 0 Å². The van der Waals surface area contributed by atoms with Crippen LogP contribution >= 0.6 is 0 Å². The lowest BCUT2D eigenvalue weighted by Gasteiger charge is -2.30. The lowest BCUT2D eigenvalue weighted by molar-refractivity contribution is -0.137. The van der Waals surface area contributed by atoms with Gasteiger partial charge in [-0.25, -0.2) is 0 Å². The molecular weight excluding hydrogens is 267 g/mol. The molecule has 0 radical (unpaired) electrons. The molecule has 0 aliphatic carbocycles. The van der Waals surface area contributed by atoms with E-state index in [1.165, 1.54) is 6.07 Å². The molecule has 1 aromatic carbocycles. The molecule has 0 aromatic heterocycles. The number of amidine groups is 1. The highest BCUT2D eigenvalue weighted by Gasteiger charge is 2.31. The summed E-state index contributed by atoms with van der Waals surface area (Å²) in [4.78, 5) is 1.96. The Morgan fingerprint density at radius 1 is 1.35 bits per heavy atom. The summed E-state index contributed by atoms with van der Waals surface area (Å²) >= 11 is 0. The molecular formula is C14H20F3N3. The van der Waals surface area contributed by atoms with Crippen molar-refractivity contribution in [1.82, 2.24) is 0 Å². The van der Waals surface area contributed by atoms with Crippen LogP contribution in [0, 0.1) is 5.41 Å². The van der Waals surface area contributed by atoms with Crippen molar-refractivity contribution in [2.75, 3.05) is 11.4 Å². The minimum Gasteiger partial charge on any atom is -0.384 e. The molecule has 0 aliphatic heterocycles. The minimum absolute atomic E-state index is 0.116. The van der Waals surface area contributed by atoms with Crippen LogP contribution in [0.25, 0.3) is 0 Å². The summed E-state index contributed by atoms with van der Waals surface area (Å²) < 4.78 is 38.2. The van der Waals surface area contributed by atoms with Gasteiger partial charge >= 0.3 is 6.18 Å². The number of nitrogens with two attached hydrogens (primary N) is 1. The zero-order valence-electron chi connectivity index (χ0n) is 11.9. The number of nitrogen functional groups attached to an aromatic ring is 1. The van der Waals surface area contributed by atoms with Crippen LogP contribution in [-0.4, -0.2) is 18.4 Å². The Morgan fingerprint density at radius 2 is 1.95 bits per heavy atom. The lowest BCUT2D eigenvalue weighted by atomic mass is 10.0. The van der Waals surface area contributed by atoms with Gasteiger partial charge in [0.1, 0.15) is 5.84 Å². The van der Waals surface area contributed by atoms with Crippen molar-refractivity contribution in [1.29, 1.82) is 5.41 Å². The molecule has 0 saturated heterocycles. The summed E-state index contributed by atoms with van der Waals surface area (Å²) in [6.07, 6.45) is -3.58. The zero-order chi connectivity index (χ0) is 15.5. The zero-order valence-corrected chi connectivity index (χ0v) is 11.9. The molecule has 0 unspecified atom stereocenters. The Balaban J connectivity index is 3.36. The van der Waals surface area contributed by atoms with E-state index < -0.39 is 11.7 Å². The van der Waals surface area contributed by atoms with Gasteiger partial charge in [0, 0.05) is 23.8 Å². The molecule has 20 heavy (non-hydrogen) atoms. The van der Waals surface area contributed by atoms with Gasteiger partial charge in [-0.05, 0) is 38.5 Å². The molecule has 0 saturated carbocycles. The maximum atomic E-state index is 12.7. The molecule has 3 N–H and O–H groups in total. The van der Waals surface area contributed by atoms with Crippen molar-refractivity contribution in [3.05, 3.63) is 29.3 Å². The van der Waals surface area contributed by atoms with E-state index in [1.54, 1.807) is 0 Å². The molecule has 1 aromatic rings. The topological polar surface area (TPSA) is 53.1 Å². The number of nitrogens with one attached hydrogen (secondary N) is 1. The molecule has 0 bridgehead atoms. The van der Waals surface area contributed by atoms with E-state index in [1.807, 2.05) is 25.7 Å². The summed E-state index contributed by atoms with van der Waals surface area (Å²) in [5.41, 5.74) is 5.36. The second-order valence-corrected chi connectivity index (χ2v) is 4.93. The van der Waals surface area contributed by atoms with Crippen LogP contribution in [-0.2, 0) is 6.18 Å². The van der Waals surface area contributed by atoms with Gasteiger partial charge in [0.25, 0.3) is 0 Å². The maximum Gasteiger partial charge on any atom is 0.416 e. The third-order valence-corrected chi connectivity index (χ3v) is 3.01. The van der Waals surface area contributed by atoms with E-state index in [0.29, 0.717) is 12.2 Å². The normalized spacial score (nSPS) is 11.8. The van der Waals surface area contributed by atoms with Crippen LogP contribution in [0.15, 0.2) is 18.2 Å². The van der Waals surface area contributed by atoms with E-state index in [4.69, 9.17) is 11.1 Å². The first-order chi connectivity index (χ1) is 9.18. The second-order valence-electron chi connectivity index (χ2n) is 4.93. The molecule has 0 heterocycles. The van der Waals surface area contributed by atoms with Crippen molar-refractivity contribution >= 4 is 11.5 Å². The van der Waals surface area contributed by atoms with Crippen molar-refractivity contribution in [2.24, 2.45) is 5.73 Å². The molecule has 6 heteroatoms. The van der Waals surface area contributed by atoms with Gasteiger partial charge in [-0.2, -0.15) is 13.2 Å². The molecule has 3 nitrogen and oxygen atoms in total. The molecule has 0 fully saturated rings. The maximum absolute atomic E-state index is 12.7. The van der Waals surface area contributed by atoms with Gasteiger partial charge in [-0.15, -0.1) is 0 Å².